The van der Waals surface area contributed by atoms with E-state index in [-0.39, 0.29) is 17.9 Å². The van der Waals surface area contributed by atoms with Gasteiger partial charge in [0.25, 0.3) is 11.6 Å². The first-order chi connectivity index (χ1) is 11.5. The lowest BCUT2D eigenvalue weighted by Crippen LogP contribution is -2.35. The van der Waals surface area contributed by atoms with Crippen LogP contribution in [-0.4, -0.2) is 23.4 Å². The van der Waals surface area contributed by atoms with E-state index in [1.54, 1.807) is 37.3 Å². The number of esters is 1. The first-order valence-corrected chi connectivity index (χ1v) is 7.29. The summed E-state index contributed by atoms with van der Waals surface area (Å²) in [6.07, 6.45) is 0. The minimum Gasteiger partial charge on any atom is -0.464 e. The third kappa shape index (κ3) is 4.16. The molecule has 0 aromatic heterocycles. The average molecular weight is 328 g/mol. The van der Waals surface area contributed by atoms with E-state index in [4.69, 9.17) is 4.74 Å². The van der Waals surface area contributed by atoms with Crippen LogP contribution in [0.5, 0.6) is 0 Å². The van der Waals surface area contributed by atoms with Crippen molar-refractivity contribution in [1.82, 2.24) is 5.32 Å². The van der Waals surface area contributed by atoms with Gasteiger partial charge in [0.15, 0.2) is 6.04 Å². The molecule has 7 heteroatoms. The van der Waals surface area contributed by atoms with E-state index in [2.05, 4.69) is 5.32 Å². The molecule has 1 unspecified atom stereocenters. The Morgan fingerprint density at radius 3 is 2.29 bits per heavy atom. The van der Waals surface area contributed by atoms with E-state index in [0.717, 1.165) is 0 Å². The number of nitrogens with zero attached hydrogens (tertiary/aromatic N) is 1. The minimum atomic E-state index is -0.950. The van der Waals surface area contributed by atoms with Gasteiger partial charge in [-0.25, -0.2) is 4.79 Å². The summed E-state index contributed by atoms with van der Waals surface area (Å²) in [5.41, 5.74) is 0.689. The lowest BCUT2D eigenvalue weighted by atomic mass is 10.1. The standard InChI is InChI=1S/C17H16N2O5/c1-2-24-17(21)15(12-6-4-3-5-7-12)18-16(20)13-8-10-14(11-9-13)19(22)23/h3-11,15H,2H2,1H3,(H,18,20). The van der Waals surface area contributed by atoms with Crippen LogP contribution in [0.1, 0.15) is 28.9 Å². The van der Waals surface area contributed by atoms with Gasteiger partial charge in [0.2, 0.25) is 0 Å². The van der Waals surface area contributed by atoms with Gasteiger partial charge in [0, 0.05) is 17.7 Å². The molecular weight excluding hydrogens is 312 g/mol. The summed E-state index contributed by atoms with van der Waals surface area (Å²) >= 11 is 0. The van der Waals surface area contributed by atoms with Crippen molar-refractivity contribution < 1.29 is 19.2 Å². The lowest BCUT2D eigenvalue weighted by Gasteiger charge is -2.17. The largest absolute Gasteiger partial charge is 0.464 e. The number of nitro groups is 1. The van der Waals surface area contributed by atoms with Crippen molar-refractivity contribution in [2.45, 2.75) is 13.0 Å². The summed E-state index contributed by atoms with van der Waals surface area (Å²) in [5, 5.41) is 13.2. The Kier molecular flexibility index (Phi) is 5.62. The van der Waals surface area contributed by atoms with Gasteiger partial charge >= 0.3 is 5.97 Å². The maximum Gasteiger partial charge on any atom is 0.333 e. The highest BCUT2D eigenvalue weighted by molar-refractivity contribution is 5.97. The molecule has 1 atom stereocenters. The van der Waals surface area contributed by atoms with Crippen LogP contribution in [0, 0.1) is 10.1 Å². The second-order valence-electron chi connectivity index (χ2n) is 4.87. The van der Waals surface area contributed by atoms with Crippen molar-refractivity contribution in [3.63, 3.8) is 0 Å². The van der Waals surface area contributed by atoms with E-state index in [0.29, 0.717) is 5.56 Å². The number of carbonyl (C=O) groups is 2. The van der Waals surface area contributed by atoms with Crippen LogP contribution in [0.3, 0.4) is 0 Å². The molecule has 0 bridgehead atoms. The Morgan fingerprint density at radius 1 is 1.12 bits per heavy atom. The van der Waals surface area contributed by atoms with Crippen LogP contribution in [0.2, 0.25) is 0 Å². The number of rotatable bonds is 6. The molecule has 7 nitrogen and oxygen atoms in total. The molecule has 0 aliphatic heterocycles. The number of amides is 1. The average Bonchev–Trinajstić information content (AvgIpc) is 2.60. The molecule has 0 radical (unpaired) electrons. The zero-order valence-corrected chi connectivity index (χ0v) is 13.0. The fourth-order valence-electron chi connectivity index (χ4n) is 2.10. The summed E-state index contributed by atoms with van der Waals surface area (Å²) in [6, 6.07) is 12.9. The highest BCUT2D eigenvalue weighted by Gasteiger charge is 2.24. The summed E-state index contributed by atoms with van der Waals surface area (Å²) in [6.45, 7) is 1.87. The molecule has 24 heavy (non-hydrogen) atoms. The number of benzene rings is 2. The fourth-order valence-corrected chi connectivity index (χ4v) is 2.10. The molecule has 0 spiro atoms. The Labute approximate surface area is 138 Å². The zero-order chi connectivity index (χ0) is 17.5. The van der Waals surface area contributed by atoms with E-state index in [1.165, 1.54) is 24.3 Å². The molecule has 0 aliphatic carbocycles. The molecule has 124 valence electrons. The number of nitro benzene ring substituents is 1. The fraction of sp³-hybridized carbons (Fsp3) is 0.176. The molecule has 0 aliphatic rings. The molecule has 1 amide bonds. The number of non-ortho nitro benzene ring substituents is 1. The van der Waals surface area contributed by atoms with Crippen LogP contribution < -0.4 is 5.32 Å². The third-order valence-electron chi connectivity index (χ3n) is 3.27. The van der Waals surface area contributed by atoms with Crippen molar-refractivity contribution in [3.05, 3.63) is 75.8 Å². The van der Waals surface area contributed by atoms with E-state index >= 15 is 0 Å². The van der Waals surface area contributed by atoms with Crippen LogP contribution in [0.4, 0.5) is 5.69 Å². The third-order valence-corrected chi connectivity index (χ3v) is 3.27. The summed E-state index contributed by atoms with van der Waals surface area (Å²) in [7, 11) is 0. The van der Waals surface area contributed by atoms with Gasteiger partial charge < -0.3 is 10.1 Å². The van der Waals surface area contributed by atoms with Gasteiger partial charge in [-0.2, -0.15) is 0 Å². The minimum absolute atomic E-state index is 0.114. The molecular formula is C17H16N2O5. The van der Waals surface area contributed by atoms with Crippen LogP contribution in [-0.2, 0) is 9.53 Å². The summed E-state index contributed by atoms with van der Waals surface area (Å²) < 4.78 is 5.00. The lowest BCUT2D eigenvalue weighted by molar-refractivity contribution is -0.384. The predicted molar refractivity (Wildman–Crippen MR) is 86.4 cm³/mol. The van der Waals surface area contributed by atoms with Gasteiger partial charge in [-0.1, -0.05) is 30.3 Å². The number of nitrogens with one attached hydrogen (secondary N) is 1. The topological polar surface area (TPSA) is 98.5 Å². The number of hydrogen-bond acceptors (Lipinski definition) is 5. The van der Waals surface area contributed by atoms with Crippen molar-refractivity contribution in [3.8, 4) is 0 Å². The molecule has 0 saturated carbocycles. The van der Waals surface area contributed by atoms with Crippen molar-refractivity contribution in [1.29, 1.82) is 0 Å². The molecule has 2 aromatic carbocycles. The second-order valence-corrected chi connectivity index (χ2v) is 4.87. The predicted octanol–water partition coefficient (Wildman–Crippen LogP) is 2.63. The Morgan fingerprint density at radius 2 is 1.75 bits per heavy atom. The Balaban J connectivity index is 2.20. The van der Waals surface area contributed by atoms with Crippen LogP contribution in [0.25, 0.3) is 0 Å². The first kappa shape index (κ1) is 17.1. The summed E-state index contributed by atoms with van der Waals surface area (Å²) in [4.78, 5) is 34.6. The smallest absolute Gasteiger partial charge is 0.333 e. The van der Waals surface area contributed by atoms with Crippen LogP contribution >= 0.6 is 0 Å². The molecule has 2 aromatic rings. The van der Waals surface area contributed by atoms with Gasteiger partial charge in [0.1, 0.15) is 0 Å². The highest BCUT2D eigenvalue weighted by atomic mass is 16.6. The van der Waals surface area contributed by atoms with Gasteiger partial charge in [0.05, 0.1) is 11.5 Å². The first-order valence-electron chi connectivity index (χ1n) is 7.29. The van der Waals surface area contributed by atoms with E-state index in [9.17, 15) is 19.7 Å². The summed E-state index contributed by atoms with van der Waals surface area (Å²) in [5.74, 6) is -1.09. The maximum absolute atomic E-state index is 12.3. The maximum atomic E-state index is 12.3. The number of carbonyl (C=O) groups excluding carboxylic acids is 2. The van der Waals surface area contributed by atoms with Crippen molar-refractivity contribution in [2.24, 2.45) is 0 Å². The van der Waals surface area contributed by atoms with E-state index < -0.39 is 22.8 Å². The van der Waals surface area contributed by atoms with Crippen molar-refractivity contribution >= 4 is 17.6 Å². The van der Waals surface area contributed by atoms with Crippen LogP contribution in [0.15, 0.2) is 54.6 Å². The van der Waals surface area contributed by atoms with E-state index in [1.807, 2.05) is 0 Å². The van der Waals surface area contributed by atoms with Crippen molar-refractivity contribution in [2.75, 3.05) is 6.61 Å². The highest BCUT2D eigenvalue weighted by Crippen LogP contribution is 2.17. The SMILES string of the molecule is CCOC(=O)C(NC(=O)c1ccc([N+](=O)[O-])cc1)c1ccccc1. The van der Waals surface area contributed by atoms with Gasteiger partial charge in [-0.3, -0.25) is 14.9 Å². The molecule has 0 fully saturated rings. The Hall–Kier alpha value is -3.22. The monoisotopic (exact) mass is 328 g/mol. The number of hydrogen-bond donors (Lipinski definition) is 1. The molecule has 0 saturated heterocycles. The second kappa shape index (κ2) is 7.87. The number of ether oxygens (including phenoxy) is 1. The zero-order valence-electron chi connectivity index (χ0n) is 13.0. The molecule has 2 rings (SSSR count). The van der Waals surface area contributed by atoms with Gasteiger partial charge in [-0.05, 0) is 24.6 Å². The van der Waals surface area contributed by atoms with Gasteiger partial charge in [-0.15, -0.1) is 0 Å². The molecule has 0 heterocycles. The normalized spacial score (nSPS) is 11.4. The Bertz CT molecular complexity index is 728. The quantitative estimate of drug-likeness (QED) is 0.499. The molecule has 1 N–H and O–H groups in total.